The van der Waals surface area contributed by atoms with Crippen molar-refractivity contribution in [2.24, 2.45) is 0 Å². The van der Waals surface area contributed by atoms with Gasteiger partial charge in [-0.25, -0.2) is 4.39 Å². The van der Waals surface area contributed by atoms with Crippen molar-refractivity contribution < 1.29 is 13.9 Å². The summed E-state index contributed by atoms with van der Waals surface area (Å²) in [6, 6.07) is 19.4. The van der Waals surface area contributed by atoms with Crippen LogP contribution in [0.3, 0.4) is 0 Å². The van der Waals surface area contributed by atoms with E-state index in [9.17, 15) is 9.50 Å². The Bertz CT molecular complexity index is 1280. The van der Waals surface area contributed by atoms with Crippen LogP contribution in [0.25, 0.3) is 11.3 Å². The zero-order valence-electron chi connectivity index (χ0n) is 16.6. The van der Waals surface area contributed by atoms with Crippen LogP contribution in [0.5, 0.6) is 5.75 Å². The molecule has 1 aliphatic rings. The zero-order chi connectivity index (χ0) is 22.2. The van der Waals surface area contributed by atoms with Crippen LogP contribution in [0.4, 0.5) is 10.1 Å². The standard InChI is InChI=1S/C24H17ClFN3O2S/c25-15-6-9-19(30)18(13-15)29-23(22(28-24(29)32)17-3-1-2-12-27-17)21-11-10-20(31-21)14-4-7-16(26)8-5-14/h1-13,22-23,30H,(H,28,32)/t22-,23-/m1/s1. The monoisotopic (exact) mass is 465 g/mol. The summed E-state index contributed by atoms with van der Waals surface area (Å²) in [6.45, 7) is 0. The molecule has 0 spiro atoms. The van der Waals surface area contributed by atoms with E-state index in [4.69, 9.17) is 28.2 Å². The minimum atomic E-state index is -0.448. The highest BCUT2D eigenvalue weighted by atomic mass is 35.5. The third-order valence-electron chi connectivity index (χ3n) is 5.34. The molecule has 2 N–H and O–H groups in total. The molecule has 8 heteroatoms. The second kappa shape index (κ2) is 8.26. The van der Waals surface area contributed by atoms with Gasteiger partial charge in [-0.2, -0.15) is 0 Å². The molecule has 1 aliphatic heterocycles. The predicted octanol–water partition coefficient (Wildman–Crippen LogP) is 6.02. The summed E-state index contributed by atoms with van der Waals surface area (Å²) in [5, 5.41) is 14.7. The Labute approximate surface area is 194 Å². The molecule has 3 heterocycles. The Hall–Kier alpha value is -3.42. The molecule has 4 aromatic rings. The van der Waals surface area contributed by atoms with Crippen LogP contribution in [0.1, 0.15) is 23.5 Å². The lowest BCUT2D eigenvalue weighted by Gasteiger charge is -2.26. The van der Waals surface area contributed by atoms with Gasteiger partial charge in [-0.3, -0.25) is 4.98 Å². The van der Waals surface area contributed by atoms with E-state index in [-0.39, 0.29) is 17.6 Å². The largest absolute Gasteiger partial charge is 0.506 e. The average Bonchev–Trinajstić information content (AvgIpc) is 3.41. The number of nitrogens with one attached hydrogen (secondary N) is 1. The molecule has 2 aromatic carbocycles. The van der Waals surface area contributed by atoms with Crippen molar-refractivity contribution in [3.05, 3.63) is 101 Å². The van der Waals surface area contributed by atoms with E-state index in [1.54, 1.807) is 35.4 Å². The molecule has 0 bridgehead atoms. The summed E-state index contributed by atoms with van der Waals surface area (Å²) in [5.74, 6) is 0.916. The van der Waals surface area contributed by atoms with Gasteiger partial charge in [0, 0.05) is 16.8 Å². The van der Waals surface area contributed by atoms with Gasteiger partial charge in [-0.05, 0) is 78.9 Å². The number of aromatic hydroxyl groups is 1. The number of hydrogen-bond acceptors (Lipinski definition) is 4. The molecular weight excluding hydrogens is 449 g/mol. The van der Waals surface area contributed by atoms with Crippen molar-refractivity contribution in [1.82, 2.24) is 10.3 Å². The Morgan fingerprint density at radius 3 is 2.62 bits per heavy atom. The first-order valence-corrected chi connectivity index (χ1v) is 10.6. The fourth-order valence-corrected chi connectivity index (χ4v) is 4.38. The van der Waals surface area contributed by atoms with Gasteiger partial charge in [0.05, 0.1) is 17.4 Å². The van der Waals surface area contributed by atoms with Gasteiger partial charge in [0.25, 0.3) is 0 Å². The highest BCUT2D eigenvalue weighted by Crippen LogP contribution is 2.45. The normalized spacial score (nSPS) is 18.1. The quantitative estimate of drug-likeness (QED) is 0.359. The number of anilines is 1. The van der Waals surface area contributed by atoms with E-state index < -0.39 is 6.04 Å². The number of halogens is 2. The summed E-state index contributed by atoms with van der Waals surface area (Å²) in [7, 11) is 0. The molecule has 0 unspecified atom stereocenters. The maximum Gasteiger partial charge on any atom is 0.174 e. The number of pyridine rings is 1. The summed E-state index contributed by atoms with van der Waals surface area (Å²) in [6.07, 6.45) is 1.71. The van der Waals surface area contributed by atoms with E-state index >= 15 is 0 Å². The average molecular weight is 466 g/mol. The van der Waals surface area contributed by atoms with E-state index in [1.807, 2.05) is 30.3 Å². The molecule has 0 radical (unpaired) electrons. The van der Waals surface area contributed by atoms with Gasteiger partial charge in [0.15, 0.2) is 5.11 Å². The number of aromatic nitrogens is 1. The lowest BCUT2D eigenvalue weighted by atomic mass is 10.0. The first-order chi connectivity index (χ1) is 15.5. The lowest BCUT2D eigenvalue weighted by Crippen LogP contribution is -2.29. The number of thiocarbonyl (C=S) groups is 1. The molecule has 2 atom stereocenters. The van der Waals surface area contributed by atoms with Crippen molar-refractivity contribution >= 4 is 34.6 Å². The van der Waals surface area contributed by atoms with Crippen molar-refractivity contribution in [2.75, 3.05) is 4.90 Å². The van der Waals surface area contributed by atoms with Crippen molar-refractivity contribution in [3.63, 3.8) is 0 Å². The highest BCUT2D eigenvalue weighted by Gasteiger charge is 2.43. The lowest BCUT2D eigenvalue weighted by molar-refractivity contribution is 0.434. The molecule has 32 heavy (non-hydrogen) atoms. The first kappa shape index (κ1) is 20.5. The second-order valence-electron chi connectivity index (χ2n) is 7.34. The minimum Gasteiger partial charge on any atom is -0.506 e. The minimum absolute atomic E-state index is 0.0375. The molecule has 1 saturated heterocycles. The van der Waals surface area contributed by atoms with Crippen LogP contribution in [0, 0.1) is 5.82 Å². The number of phenolic OH excluding ortho intramolecular Hbond substituents is 1. The van der Waals surface area contributed by atoms with Gasteiger partial charge in [-0.15, -0.1) is 0 Å². The van der Waals surface area contributed by atoms with Gasteiger partial charge >= 0.3 is 0 Å². The highest BCUT2D eigenvalue weighted by molar-refractivity contribution is 7.80. The van der Waals surface area contributed by atoms with Crippen LogP contribution in [0.2, 0.25) is 5.02 Å². The van der Waals surface area contributed by atoms with Crippen LogP contribution in [-0.4, -0.2) is 15.2 Å². The number of phenols is 1. The van der Waals surface area contributed by atoms with Crippen LogP contribution in [-0.2, 0) is 0 Å². The van der Waals surface area contributed by atoms with E-state index in [0.717, 1.165) is 11.3 Å². The number of furan rings is 1. The van der Waals surface area contributed by atoms with Crippen molar-refractivity contribution in [2.45, 2.75) is 12.1 Å². The topological polar surface area (TPSA) is 61.5 Å². The molecule has 0 aliphatic carbocycles. The second-order valence-corrected chi connectivity index (χ2v) is 8.16. The van der Waals surface area contributed by atoms with Gasteiger partial charge in [-0.1, -0.05) is 17.7 Å². The Balaban J connectivity index is 1.62. The summed E-state index contributed by atoms with van der Waals surface area (Å²) in [4.78, 5) is 6.27. The number of hydrogen-bond donors (Lipinski definition) is 2. The molecular formula is C24H17ClFN3O2S. The third kappa shape index (κ3) is 3.70. The Morgan fingerprint density at radius 1 is 1.06 bits per heavy atom. The molecule has 5 nitrogen and oxygen atoms in total. The van der Waals surface area contributed by atoms with E-state index in [1.165, 1.54) is 18.2 Å². The number of rotatable bonds is 4. The van der Waals surface area contributed by atoms with Crippen LogP contribution < -0.4 is 10.2 Å². The molecule has 160 valence electrons. The summed E-state index contributed by atoms with van der Waals surface area (Å²) in [5.41, 5.74) is 1.97. The van der Waals surface area contributed by atoms with Crippen molar-refractivity contribution in [1.29, 1.82) is 0 Å². The van der Waals surface area contributed by atoms with E-state index in [0.29, 0.717) is 27.3 Å². The summed E-state index contributed by atoms with van der Waals surface area (Å²) < 4.78 is 19.6. The van der Waals surface area contributed by atoms with E-state index in [2.05, 4.69) is 10.3 Å². The molecule has 0 saturated carbocycles. The molecule has 5 rings (SSSR count). The maximum absolute atomic E-state index is 13.3. The molecule has 2 aromatic heterocycles. The SMILES string of the molecule is Oc1ccc(Cl)cc1N1C(=S)N[C@H](c2ccccn2)[C@H]1c1ccc(-c2ccc(F)cc2)o1. The van der Waals surface area contributed by atoms with Gasteiger partial charge < -0.3 is 19.7 Å². The Kier molecular flexibility index (Phi) is 5.28. The maximum atomic E-state index is 13.3. The molecule has 1 fully saturated rings. The fourth-order valence-electron chi connectivity index (χ4n) is 3.87. The summed E-state index contributed by atoms with van der Waals surface area (Å²) >= 11 is 11.9. The predicted molar refractivity (Wildman–Crippen MR) is 125 cm³/mol. The third-order valence-corrected chi connectivity index (χ3v) is 5.89. The zero-order valence-corrected chi connectivity index (χ0v) is 18.1. The number of benzene rings is 2. The van der Waals surface area contributed by atoms with Crippen LogP contribution >= 0.6 is 23.8 Å². The Morgan fingerprint density at radius 2 is 1.88 bits per heavy atom. The van der Waals surface area contributed by atoms with Crippen LogP contribution in [0.15, 0.2) is 83.4 Å². The van der Waals surface area contributed by atoms with Crippen molar-refractivity contribution in [3.8, 4) is 17.1 Å². The smallest absolute Gasteiger partial charge is 0.174 e. The number of nitrogens with zero attached hydrogens (tertiary/aromatic N) is 2. The van der Waals surface area contributed by atoms with Gasteiger partial charge in [0.2, 0.25) is 0 Å². The first-order valence-electron chi connectivity index (χ1n) is 9.86. The van der Waals surface area contributed by atoms with Gasteiger partial charge in [0.1, 0.15) is 29.1 Å². The molecule has 0 amide bonds. The fraction of sp³-hybridized carbons (Fsp3) is 0.0833.